The summed E-state index contributed by atoms with van der Waals surface area (Å²) in [6.45, 7) is 3.72. The van der Waals surface area contributed by atoms with Crippen molar-refractivity contribution in [3.63, 3.8) is 0 Å². The maximum absolute atomic E-state index is 11.4. The Hall–Kier alpha value is -0.620. The predicted octanol–water partition coefficient (Wildman–Crippen LogP) is 2.63. The number of hydrogen-bond donors (Lipinski definition) is 1. The molecule has 1 fully saturated rings. The normalized spacial score (nSPS) is 15.4. The van der Waals surface area contributed by atoms with Gasteiger partial charge in [-0.05, 0) is 18.8 Å². The number of anilines is 1. The molecule has 2 rings (SSSR count). The van der Waals surface area contributed by atoms with Crippen LogP contribution >= 0.6 is 23.1 Å². The number of nitrogens with one attached hydrogen (secondary N) is 1. The number of aromatic nitrogens is 2. The van der Waals surface area contributed by atoms with E-state index in [1.165, 1.54) is 24.2 Å². The second-order valence-corrected chi connectivity index (χ2v) is 6.52. The molecule has 6 heteroatoms. The molecule has 1 aromatic heterocycles. The van der Waals surface area contributed by atoms with E-state index in [0.29, 0.717) is 5.13 Å². The first-order chi connectivity index (χ1) is 7.65. The molecule has 0 spiro atoms. The van der Waals surface area contributed by atoms with Gasteiger partial charge in [0.1, 0.15) is 0 Å². The second-order valence-electron chi connectivity index (χ2n) is 4.27. The van der Waals surface area contributed by atoms with Gasteiger partial charge in [-0.2, -0.15) is 0 Å². The summed E-state index contributed by atoms with van der Waals surface area (Å²) in [6.07, 6.45) is 2.70. The van der Waals surface area contributed by atoms with E-state index in [1.807, 2.05) is 13.8 Å². The first-order valence-electron chi connectivity index (χ1n) is 5.42. The molecule has 0 aliphatic heterocycles. The van der Waals surface area contributed by atoms with Gasteiger partial charge in [-0.1, -0.05) is 36.9 Å². The summed E-state index contributed by atoms with van der Waals surface area (Å²) in [5.74, 6) is 1.98. The lowest BCUT2D eigenvalue weighted by molar-refractivity contribution is -0.118. The van der Waals surface area contributed by atoms with Gasteiger partial charge in [0, 0.05) is 11.7 Å². The third-order valence-electron chi connectivity index (χ3n) is 2.30. The van der Waals surface area contributed by atoms with E-state index in [2.05, 4.69) is 15.5 Å². The Labute approximate surface area is 103 Å². The molecule has 0 radical (unpaired) electrons. The van der Waals surface area contributed by atoms with Crippen LogP contribution in [0.3, 0.4) is 0 Å². The quantitative estimate of drug-likeness (QED) is 0.651. The number of hydrogen-bond acceptors (Lipinski definition) is 5. The second kappa shape index (κ2) is 5.14. The van der Waals surface area contributed by atoms with Gasteiger partial charge in [-0.15, -0.1) is 10.2 Å². The molecule has 1 amide bonds. The van der Waals surface area contributed by atoms with Gasteiger partial charge in [-0.3, -0.25) is 4.79 Å². The minimum Gasteiger partial charge on any atom is -0.300 e. The van der Waals surface area contributed by atoms with Crippen LogP contribution in [0.2, 0.25) is 0 Å². The molecule has 1 N–H and O–H groups in total. The Morgan fingerprint density at radius 3 is 2.94 bits per heavy atom. The highest BCUT2D eigenvalue weighted by molar-refractivity contribution is 8.01. The zero-order chi connectivity index (χ0) is 11.5. The van der Waals surface area contributed by atoms with Crippen LogP contribution in [0.5, 0.6) is 0 Å². The van der Waals surface area contributed by atoms with Gasteiger partial charge in [0.15, 0.2) is 4.34 Å². The molecule has 0 bridgehead atoms. The van der Waals surface area contributed by atoms with E-state index < -0.39 is 0 Å². The van der Waals surface area contributed by atoms with E-state index in [-0.39, 0.29) is 11.8 Å². The van der Waals surface area contributed by atoms with Crippen LogP contribution in [-0.4, -0.2) is 21.9 Å². The summed E-state index contributed by atoms with van der Waals surface area (Å²) < 4.78 is 0.950. The van der Waals surface area contributed by atoms with Crippen LogP contribution in [0.15, 0.2) is 4.34 Å². The zero-order valence-corrected chi connectivity index (χ0v) is 11.0. The van der Waals surface area contributed by atoms with Gasteiger partial charge < -0.3 is 5.32 Å². The maximum atomic E-state index is 11.4. The number of rotatable bonds is 5. The summed E-state index contributed by atoms with van der Waals surface area (Å²) in [5, 5.41) is 11.4. The Morgan fingerprint density at radius 1 is 1.56 bits per heavy atom. The molecule has 1 aliphatic rings. The van der Waals surface area contributed by atoms with Gasteiger partial charge in [0.25, 0.3) is 0 Å². The average molecular weight is 257 g/mol. The van der Waals surface area contributed by atoms with E-state index in [4.69, 9.17) is 0 Å². The highest BCUT2D eigenvalue weighted by Gasteiger charge is 2.22. The summed E-state index contributed by atoms with van der Waals surface area (Å²) in [6, 6.07) is 0. The highest BCUT2D eigenvalue weighted by Crippen LogP contribution is 2.36. The molecule has 1 aliphatic carbocycles. The molecule has 0 atom stereocenters. The van der Waals surface area contributed by atoms with Gasteiger partial charge in [-0.25, -0.2) is 0 Å². The average Bonchev–Trinajstić information content (AvgIpc) is 2.97. The van der Waals surface area contributed by atoms with Crippen molar-refractivity contribution in [2.24, 2.45) is 11.8 Å². The molecule has 0 saturated heterocycles. The van der Waals surface area contributed by atoms with Crippen LogP contribution in [0.4, 0.5) is 5.13 Å². The smallest absolute Gasteiger partial charge is 0.228 e. The number of amides is 1. The summed E-state index contributed by atoms with van der Waals surface area (Å²) in [7, 11) is 0. The van der Waals surface area contributed by atoms with Crippen molar-refractivity contribution in [3.8, 4) is 0 Å². The maximum Gasteiger partial charge on any atom is 0.228 e. The van der Waals surface area contributed by atoms with Crippen molar-refractivity contribution in [1.29, 1.82) is 0 Å². The van der Waals surface area contributed by atoms with Crippen molar-refractivity contribution in [2.45, 2.75) is 31.0 Å². The fourth-order valence-electron chi connectivity index (χ4n) is 1.04. The van der Waals surface area contributed by atoms with E-state index in [9.17, 15) is 4.79 Å². The van der Waals surface area contributed by atoms with Crippen molar-refractivity contribution in [2.75, 3.05) is 11.1 Å². The molecule has 0 unspecified atom stereocenters. The van der Waals surface area contributed by atoms with E-state index >= 15 is 0 Å². The fraction of sp³-hybridized carbons (Fsp3) is 0.700. The zero-order valence-electron chi connectivity index (χ0n) is 9.40. The third-order valence-corrected chi connectivity index (χ3v) is 4.50. The van der Waals surface area contributed by atoms with Gasteiger partial charge in [0.2, 0.25) is 11.0 Å². The highest BCUT2D eigenvalue weighted by atomic mass is 32.2. The Kier molecular flexibility index (Phi) is 3.81. The van der Waals surface area contributed by atoms with E-state index in [0.717, 1.165) is 16.0 Å². The molecule has 16 heavy (non-hydrogen) atoms. The number of carbonyl (C=O) groups is 1. The predicted molar refractivity (Wildman–Crippen MR) is 66.8 cm³/mol. The van der Waals surface area contributed by atoms with Crippen molar-refractivity contribution >= 4 is 34.1 Å². The Bertz CT molecular complexity index is 374. The summed E-state index contributed by atoms with van der Waals surface area (Å²) >= 11 is 3.20. The largest absolute Gasteiger partial charge is 0.300 e. The molecular weight excluding hydrogens is 242 g/mol. The van der Waals surface area contributed by atoms with E-state index in [1.54, 1.807) is 11.8 Å². The minimum atomic E-state index is -0.0218. The Balaban J connectivity index is 1.83. The van der Waals surface area contributed by atoms with Crippen LogP contribution in [-0.2, 0) is 4.79 Å². The van der Waals surface area contributed by atoms with Gasteiger partial charge >= 0.3 is 0 Å². The topological polar surface area (TPSA) is 54.9 Å². The molecule has 0 aromatic carbocycles. The SMILES string of the molecule is CC(C)C(=O)Nc1nnc(SCC2CC2)s1. The molecule has 1 aromatic rings. The number of thioether (sulfide) groups is 1. The molecule has 1 heterocycles. The molecular formula is C10H15N3OS2. The molecule has 4 nitrogen and oxygen atoms in total. The van der Waals surface area contributed by atoms with Crippen LogP contribution in [0, 0.1) is 11.8 Å². The van der Waals surface area contributed by atoms with Crippen molar-refractivity contribution < 1.29 is 4.79 Å². The summed E-state index contributed by atoms with van der Waals surface area (Å²) in [4.78, 5) is 11.4. The lowest BCUT2D eigenvalue weighted by atomic mass is 10.2. The minimum absolute atomic E-state index is 0.00473. The number of carbonyl (C=O) groups excluding carboxylic acids is 1. The van der Waals surface area contributed by atoms with Crippen LogP contribution < -0.4 is 5.32 Å². The standard InChI is InChI=1S/C10H15N3OS2/c1-6(2)8(14)11-9-12-13-10(16-9)15-5-7-3-4-7/h6-7H,3-5H2,1-2H3,(H,11,12,14). The summed E-state index contributed by atoms with van der Waals surface area (Å²) in [5.41, 5.74) is 0. The lowest BCUT2D eigenvalue weighted by Gasteiger charge is -2.02. The van der Waals surface area contributed by atoms with Crippen LogP contribution in [0.1, 0.15) is 26.7 Å². The Morgan fingerprint density at radius 2 is 2.31 bits per heavy atom. The van der Waals surface area contributed by atoms with Crippen molar-refractivity contribution in [1.82, 2.24) is 10.2 Å². The fourth-order valence-corrected chi connectivity index (χ4v) is 3.01. The number of nitrogens with zero attached hydrogens (tertiary/aromatic N) is 2. The first-order valence-corrected chi connectivity index (χ1v) is 7.22. The molecule has 88 valence electrons. The monoisotopic (exact) mass is 257 g/mol. The first kappa shape index (κ1) is 11.9. The lowest BCUT2D eigenvalue weighted by Crippen LogP contribution is -2.17. The van der Waals surface area contributed by atoms with Crippen molar-refractivity contribution in [3.05, 3.63) is 0 Å². The van der Waals surface area contributed by atoms with Gasteiger partial charge in [0.05, 0.1) is 0 Å². The van der Waals surface area contributed by atoms with Crippen LogP contribution in [0.25, 0.3) is 0 Å². The third kappa shape index (κ3) is 3.45. The molecule has 1 saturated carbocycles.